The summed E-state index contributed by atoms with van der Waals surface area (Å²) in [6, 6.07) is 12.1. The summed E-state index contributed by atoms with van der Waals surface area (Å²) >= 11 is 0. The van der Waals surface area contributed by atoms with Gasteiger partial charge in [-0.15, -0.1) is 10.2 Å². The Bertz CT molecular complexity index is 813. The van der Waals surface area contributed by atoms with Gasteiger partial charge in [0.1, 0.15) is 18.4 Å². The smallest absolute Gasteiger partial charge is 0.255 e. The van der Waals surface area contributed by atoms with Crippen LogP contribution in [-0.2, 0) is 0 Å². The van der Waals surface area contributed by atoms with Crippen molar-refractivity contribution in [2.24, 2.45) is 0 Å². The van der Waals surface area contributed by atoms with Gasteiger partial charge in [0.15, 0.2) is 0 Å². The maximum absolute atomic E-state index is 12.3. The van der Waals surface area contributed by atoms with Crippen molar-refractivity contribution in [1.82, 2.24) is 14.8 Å². The molecule has 2 N–H and O–H groups in total. The highest BCUT2D eigenvalue weighted by molar-refractivity contribution is 6.04. The first-order valence-electron chi connectivity index (χ1n) is 6.69. The molecular weight excluding hydrogens is 280 g/mol. The van der Waals surface area contributed by atoms with Gasteiger partial charge in [0.2, 0.25) is 0 Å². The van der Waals surface area contributed by atoms with Crippen LogP contribution in [0.3, 0.4) is 0 Å². The number of carbonyl (C=O) groups is 1. The second kappa shape index (κ2) is 5.69. The summed E-state index contributed by atoms with van der Waals surface area (Å²) in [4.78, 5) is 12.3. The van der Waals surface area contributed by atoms with Gasteiger partial charge in [-0.05, 0) is 48.9 Å². The molecule has 0 saturated carbocycles. The second-order valence-electron chi connectivity index (χ2n) is 4.87. The SMILES string of the molecule is Cc1cc(NC(=O)c2cccc(-n3cnnc3)c2)ccc1O. The normalized spacial score (nSPS) is 10.4. The summed E-state index contributed by atoms with van der Waals surface area (Å²) in [6.07, 6.45) is 3.14. The van der Waals surface area contributed by atoms with E-state index in [-0.39, 0.29) is 11.7 Å². The van der Waals surface area contributed by atoms with E-state index in [4.69, 9.17) is 0 Å². The van der Waals surface area contributed by atoms with Gasteiger partial charge in [0, 0.05) is 16.9 Å². The number of aromatic hydroxyl groups is 1. The first kappa shape index (κ1) is 13.8. The lowest BCUT2D eigenvalue weighted by molar-refractivity contribution is 0.102. The van der Waals surface area contributed by atoms with E-state index in [1.807, 2.05) is 6.07 Å². The first-order valence-corrected chi connectivity index (χ1v) is 6.69. The standard InChI is InChI=1S/C16H14N4O2/c1-11-7-13(5-6-15(11)21)19-16(22)12-3-2-4-14(8-12)20-9-17-18-10-20/h2-10,21H,1H3,(H,19,22). The van der Waals surface area contributed by atoms with Crippen LogP contribution in [0.2, 0.25) is 0 Å². The molecule has 6 heteroatoms. The molecule has 110 valence electrons. The van der Waals surface area contributed by atoms with Crippen molar-refractivity contribution in [2.75, 3.05) is 5.32 Å². The zero-order valence-electron chi connectivity index (χ0n) is 11.9. The van der Waals surface area contributed by atoms with Crippen LogP contribution < -0.4 is 5.32 Å². The van der Waals surface area contributed by atoms with Crippen LogP contribution in [0.5, 0.6) is 5.75 Å². The van der Waals surface area contributed by atoms with E-state index in [0.717, 1.165) is 5.69 Å². The molecule has 0 atom stereocenters. The average Bonchev–Trinajstić information content (AvgIpc) is 3.05. The number of carbonyl (C=O) groups excluding carboxylic acids is 1. The van der Waals surface area contributed by atoms with E-state index in [0.29, 0.717) is 16.8 Å². The maximum Gasteiger partial charge on any atom is 0.255 e. The zero-order valence-corrected chi connectivity index (χ0v) is 11.9. The molecule has 1 heterocycles. The quantitative estimate of drug-likeness (QED) is 0.727. The number of hydrogen-bond donors (Lipinski definition) is 2. The lowest BCUT2D eigenvalue weighted by Crippen LogP contribution is -2.12. The van der Waals surface area contributed by atoms with Gasteiger partial charge in [-0.2, -0.15) is 0 Å². The van der Waals surface area contributed by atoms with Crippen molar-refractivity contribution in [3.8, 4) is 11.4 Å². The van der Waals surface area contributed by atoms with Crippen molar-refractivity contribution < 1.29 is 9.90 Å². The Hall–Kier alpha value is -3.15. The van der Waals surface area contributed by atoms with Gasteiger partial charge >= 0.3 is 0 Å². The number of phenols is 1. The second-order valence-corrected chi connectivity index (χ2v) is 4.87. The number of aryl methyl sites for hydroxylation is 1. The average molecular weight is 294 g/mol. The molecule has 3 rings (SSSR count). The van der Waals surface area contributed by atoms with Gasteiger partial charge in [-0.25, -0.2) is 0 Å². The molecule has 1 amide bonds. The molecule has 1 aromatic heterocycles. The van der Waals surface area contributed by atoms with Crippen molar-refractivity contribution in [3.05, 3.63) is 66.2 Å². The number of nitrogens with zero attached hydrogens (tertiary/aromatic N) is 3. The minimum atomic E-state index is -0.222. The van der Waals surface area contributed by atoms with Gasteiger partial charge < -0.3 is 10.4 Å². The Morgan fingerprint density at radius 1 is 1.14 bits per heavy atom. The fraction of sp³-hybridized carbons (Fsp3) is 0.0625. The van der Waals surface area contributed by atoms with Crippen LogP contribution in [0.25, 0.3) is 5.69 Å². The van der Waals surface area contributed by atoms with E-state index in [9.17, 15) is 9.90 Å². The molecule has 0 fully saturated rings. The molecule has 0 spiro atoms. The van der Waals surface area contributed by atoms with E-state index < -0.39 is 0 Å². The Morgan fingerprint density at radius 3 is 2.64 bits per heavy atom. The predicted molar refractivity (Wildman–Crippen MR) is 82.2 cm³/mol. The van der Waals surface area contributed by atoms with E-state index in [1.54, 1.807) is 60.5 Å². The third-order valence-corrected chi connectivity index (χ3v) is 3.28. The predicted octanol–water partition coefficient (Wildman–Crippen LogP) is 2.53. The summed E-state index contributed by atoms with van der Waals surface area (Å²) in [5, 5.41) is 19.8. The number of hydrogen-bond acceptors (Lipinski definition) is 4. The largest absolute Gasteiger partial charge is 0.508 e. The van der Waals surface area contributed by atoms with Crippen LogP contribution in [0.15, 0.2) is 55.1 Å². The van der Waals surface area contributed by atoms with E-state index in [2.05, 4.69) is 15.5 Å². The Morgan fingerprint density at radius 2 is 1.91 bits per heavy atom. The number of nitrogens with one attached hydrogen (secondary N) is 1. The fourth-order valence-electron chi connectivity index (χ4n) is 2.08. The van der Waals surface area contributed by atoms with Crippen molar-refractivity contribution in [3.63, 3.8) is 0 Å². The first-order chi connectivity index (χ1) is 10.6. The van der Waals surface area contributed by atoms with Gasteiger partial charge in [0.25, 0.3) is 5.91 Å². The maximum atomic E-state index is 12.3. The molecule has 0 radical (unpaired) electrons. The number of amides is 1. The van der Waals surface area contributed by atoms with Crippen molar-refractivity contribution in [2.45, 2.75) is 6.92 Å². The molecule has 0 bridgehead atoms. The summed E-state index contributed by atoms with van der Waals surface area (Å²) < 4.78 is 1.72. The summed E-state index contributed by atoms with van der Waals surface area (Å²) in [7, 11) is 0. The highest BCUT2D eigenvalue weighted by Gasteiger charge is 2.08. The number of aromatic nitrogens is 3. The summed E-state index contributed by atoms with van der Waals surface area (Å²) in [6.45, 7) is 1.78. The van der Waals surface area contributed by atoms with Gasteiger partial charge in [0.05, 0.1) is 0 Å². The molecule has 0 saturated heterocycles. The third kappa shape index (κ3) is 2.80. The molecular formula is C16H14N4O2. The number of benzene rings is 2. The van der Waals surface area contributed by atoms with Crippen LogP contribution in [0, 0.1) is 6.92 Å². The lowest BCUT2D eigenvalue weighted by atomic mass is 10.1. The molecule has 0 unspecified atom stereocenters. The summed E-state index contributed by atoms with van der Waals surface area (Å²) in [5.74, 6) is -0.0207. The summed E-state index contributed by atoms with van der Waals surface area (Å²) in [5.41, 5.74) is 2.67. The molecule has 2 aromatic carbocycles. The molecule has 3 aromatic rings. The van der Waals surface area contributed by atoms with Crippen LogP contribution >= 0.6 is 0 Å². The minimum absolute atomic E-state index is 0.201. The molecule has 0 aliphatic rings. The van der Waals surface area contributed by atoms with E-state index >= 15 is 0 Å². The molecule has 22 heavy (non-hydrogen) atoms. The number of rotatable bonds is 3. The Kier molecular flexibility index (Phi) is 3.57. The van der Waals surface area contributed by atoms with Crippen LogP contribution in [0.4, 0.5) is 5.69 Å². The Balaban J connectivity index is 1.83. The van der Waals surface area contributed by atoms with Gasteiger partial charge in [-0.1, -0.05) is 6.07 Å². The topological polar surface area (TPSA) is 80.0 Å². The van der Waals surface area contributed by atoms with Crippen molar-refractivity contribution in [1.29, 1.82) is 0 Å². The number of phenolic OH excluding ortho intramolecular Hbond substituents is 1. The monoisotopic (exact) mass is 294 g/mol. The molecule has 6 nitrogen and oxygen atoms in total. The lowest BCUT2D eigenvalue weighted by Gasteiger charge is -2.08. The van der Waals surface area contributed by atoms with Gasteiger partial charge in [-0.3, -0.25) is 9.36 Å². The van der Waals surface area contributed by atoms with Crippen LogP contribution in [-0.4, -0.2) is 25.8 Å². The van der Waals surface area contributed by atoms with Crippen LogP contribution in [0.1, 0.15) is 15.9 Å². The highest BCUT2D eigenvalue weighted by Crippen LogP contribution is 2.21. The Labute approximate surface area is 127 Å². The molecule has 0 aliphatic heterocycles. The molecule has 0 aliphatic carbocycles. The highest BCUT2D eigenvalue weighted by atomic mass is 16.3. The minimum Gasteiger partial charge on any atom is -0.508 e. The fourth-order valence-corrected chi connectivity index (χ4v) is 2.08. The van der Waals surface area contributed by atoms with Crippen molar-refractivity contribution >= 4 is 11.6 Å². The third-order valence-electron chi connectivity index (χ3n) is 3.28. The number of anilines is 1. The van der Waals surface area contributed by atoms with E-state index in [1.165, 1.54) is 0 Å². The zero-order chi connectivity index (χ0) is 15.5.